The average Bonchev–Trinajstić information content (AvgIpc) is 2.47. The molecular weight excluding hydrogens is 132 g/mol. The van der Waals surface area contributed by atoms with Crippen molar-refractivity contribution in [2.24, 2.45) is 0 Å². The number of carbonyl (C=O) groups excluding carboxylic acids is 1. The highest BCUT2D eigenvalue weighted by atomic mass is 16.6. The zero-order valence-electron chi connectivity index (χ0n) is 6.26. The van der Waals surface area contributed by atoms with E-state index in [2.05, 4.69) is 0 Å². The van der Waals surface area contributed by atoms with E-state index in [-0.39, 0.29) is 6.10 Å². The Morgan fingerprint density at radius 2 is 2.10 bits per heavy atom. The molecule has 0 aromatic heterocycles. The Labute approximate surface area is 60.0 Å². The van der Waals surface area contributed by atoms with Crippen LogP contribution in [0.2, 0.25) is 0 Å². The van der Waals surface area contributed by atoms with Crippen LogP contribution < -0.4 is 0 Å². The summed E-state index contributed by atoms with van der Waals surface area (Å²) in [4.78, 5) is 10.8. The van der Waals surface area contributed by atoms with Gasteiger partial charge < -0.3 is 9.84 Å². The van der Waals surface area contributed by atoms with Gasteiger partial charge in [-0.15, -0.1) is 0 Å². The van der Waals surface area contributed by atoms with Crippen molar-refractivity contribution >= 4 is 5.97 Å². The Bertz CT molecular complexity index is 141. The lowest BCUT2D eigenvalue weighted by atomic mass is 10.1. The number of rotatable bonds is 2. The Morgan fingerprint density at radius 3 is 2.40 bits per heavy atom. The van der Waals surface area contributed by atoms with E-state index < -0.39 is 11.6 Å². The first-order chi connectivity index (χ1) is 4.50. The van der Waals surface area contributed by atoms with E-state index in [1.54, 1.807) is 0 Å². The SMILES string of the molecule is CC(C)(O)C(=O)OC1CC1. The maximum absolute atomic E-state index is 10.8. The summed E-state index contributed by atoms with van der Waals surface area (Å²) < 4.78 is 4.84. The number of hydrogen-bond donors (Lipinski definition) is 1. The average molecular weight is 144 g/mol. The Hall–Kier alpha value is -0.570. The van der Waals surface area contributed by atoms with E-state index in [1.807, 2.05) is 0 Å². The molecule has 58 valence electrons. The standard InChI is InChI=1S/C7H12O3/c1-7(2,9)6(8)10-5-3-4-5/h5,9H,3-4H2,1-2H3. The van der Waals surface area contributed by atoms with Gasteiger partial charge in [-0.05, 0) is 26.7 Å². The number of hydrogen-bond acceptors (Lipinski definition) is 3. The summed E-state index contributed by atoms with van der Waals surface area (Å²) in [6.45, 7) is 2.86. The summed E-state index contributed by atoms with van der Waals surface area (Å²) in [6, 6.07) is 0. The van der Waals surface area contributed by atoms with Crippen molar-refractivity contribution in [1.82, 2.24) is 0 Å². The molecule has 3 nitrogen and oxygen atoms in total. The third-order valence-electron chi connectivity index (χ3n) is 1.30. The summed E-state index contributed by atoms with van der Waals surface area (Å²) in [6.07, 6.45) is 1.97. The summed E-state index contributed by atoms with van der Waals surface area (Å²) in [7, 11) is 0. The van der Waals surface area contributed by atoms with Crippen LogP contribution in [-0.4, -0.2) is 22.8 Å². The van der Waals surface area contributed by atoms with Crippen LogP contribution in [0.25, 0.3) is 0 Å². The molecule has 0 bridgehead atoms. The van der Waals surface area contributed by atoms with Crippen molar-refractivity contribution in [3.63, 3.8) is 0 Å². The third kappa shape index (κ3) is 1.99. The minimum atomic E-state index is -1.33. The number of aliphatic hydroxyl groups is 1. The first-order valence-electron chi connectivity index (χ1n) is 3.43. The van der Waals surface area contributed by atoms with Gasteiger partial charge in [0.25, 0.3) is 0 Å². The van der Waals surface area contributed by atoms with Gasteiger partial charge in [0.2, 0.25) is 0 Å². The smallest absolute Gasteiger partial charge is 0.337 e. The van der Waals surface area contributed by atoms with Crippen molar-refractivity contribution in [1.29, 1.82) is 0 Å². The summed E-state index contributed by atoms with van der Waals surface area (Å²) in [5.41, 5.74) is -1.33. The predicted octanol–water partition coefficient (Wildman–Crippen LogP) is 0.463. The molecule has 0 amide bonds. The van der Waals surface area contributed by atoms with E-state index >= 15 is 0 Å². The molecule has 0 aromatic carbocycles. The van der Waals surface area contributed by atoms with Crippen molar-refractivity contribution in [3.8, 4) is 0 Å². The van der Waals surface area contributed by atoms with Crippen LogP contribution in [0.3, 0.4) is 0 Å². The molecule has 0 aromatic rings. The molecule has 1 rings (SSSR count). The molecule has 0 spiro atoms. The van der Waals surface area contributed by atoms with Crippen LogP contribution in [0.15, 0.2) is 0 Å². The molecule has 0 heterocycles. The topological polar surface area (TPSA) is 46.5 Å². The molecule has 1 aliphatic rings. The third-order valence-corrected chi connectivity index (χ3v) is 1.30. The van der Waals surface area contributed by atoms with Gasteiger partial charge in [0, 0.05) is 0 Å². The normalized spacial score (nSPS) is 18.7. The maximum Gasteiger partial charge on any atom is 0.337 e. The van der Waals surface area contributed by atoms with E-state index in [9.17, 15) is 4.79 Å². The minimum Gasteiger partial charge on any atom is -0.460 e. The van der Waals surface area contributed by atoms with E-state index in [4.69, 9.17) is 9.84 Å². The van der Waals surface area contributed by atoms with E-state index in [1.165, 1.54) is 13.8 Å². The van der Waals surface area contributed by atoms with Crippen LogP contribution in [0.4, 0.5) is 0 Å². The van der Waals surface area contributed by atoms with Gasteiger partial charge in [0.05, 0.1) is 0 Å². The summed E-state index contributed by atoms with van der Waals surface area (Å²) in [5, 5.41) is 9.09. The summed E-state index contributed by atoms with van der Waals surface area (Å²) >= 11 is 0. The highest BCUT2D eigenvalue weighted by Crippen LogP contribution is 2.25. The van der Waals surface area contributed by atoms with Gasteiger partial charge in [-0.2, -0.15) is 0 Å². The number of ether oxygens (including phenoxy) is 1. The fourth-order valence-electron chi connectivity index (χ4n) is 0.481. The molecule has 3 heteroatoms. The van der Waals surface area contributed by atoms with Gasteiger partial charge in [0.15, 0.2) is 5.60 Å². The number of esters is 1. The molecule has 0 aliphatic heterocycles. The van der Waals surface area contributed by atoms with Gasteiger partial charge >= 0.3 is 5.97 Å². The van der Waals surface area contributed by atoms with Gasteiger partial charge in [-0.1, -0.05) is 0 Å². The highest BCUT2D eigenvalue weighted by Gasteiger charge is 2.32. The fraction of sp³-hybridized carbons (Fsp3) is 0.857. The second-order valence-corrected chi connectivity index (χ2v) is 3.16. The van der Waals surface area contributed by atoms with Gasteiger partial charge in [0.1, 0.15) is 6.10 Å². The van der Waals surface area contributed by atoms with Crippen LogP contribution in [0, 0.1) is 0 Å². The van der Waals surface area contributed by atoms with Crippen molar-refractivity contribution in [2.45, 2.75) is 38.4 Å². The second-order valence-electron chi connectivity index (χ2n) is 3.16. The number of carbonyl (C=O) groups is 1. The van der Waals surface area contributed by atoms with Crippen molar-refractivity contribution in [3.05, 3.63) is 0 Å². The first kappa shape index (κ1) is 7.54. The molecule has 0 saturated heterocycles. The molecule has 1 fully saturated rings. The lowest BCUT2D eigenvalue weighted by molar-refractivity contribution is -0.163. The predicted molar refractivity (Wildman–Crippen MR) is 35.4 cm³/mol. The molecule has 1 aliphatic carbocycles. The zero-order chi connectivity index (χ0) is 7.78. The van der Waals surface area contributed by atoms with Crippen LogP contribution in [0.1, 0.15) is 26.7 Å². The van der Waals surface area contributed by atoms with Gasteiger partial charge in [-0.3, -0.25) is 0 Å². The molecular formula is C7H12O3. The van der Waals surface area contributed by atoms with Gasteiger partial charge in [-0.25, -0.2) is 4.79 Å². The minimum absolute atomic E-state index is 0.0823. The monoisotopic (exact) mass is 144 g/mol. The fourth-order valence-corrected chi connectivity index (χ4v) is 0.481. The van der Waals surface area contributed by atoms with E-state index in [0.717, 1.165) is 12.8 Å². The van der Waals surface area contributed by atoms with Crippen LogP contribution in [-0.2, 0) is 9.53 Å². The van der Waals surface area contributed by atoms with Crippen molar-refractivity contribution in [2.75, 3.05) is 0 Å². The first-order valence-corrected chi connectivity index (χ1v) is 3.43. The summed E-state index contributed by atoms with van der Waals surface area (Å²) in [5.74, 6) is -0.519. The lowest BCUT2D eigenvalue weighted by Crippen LogP contribution is -2.33. The van der Waals surface area contributed by atoms with Crippen molar-refractivity contribution < 1.29 is 14.6 Å². The molecule has 0 atom stereocenters. The maximum atomic E-state index is 10.8. The second kappa shape index (κ2) is 2.23. The molecule has 0 radical (unpaired) electrons. The molecule has 1 saturated carbocycles. The zero-order valence-corrected chi connectivity index (χ0v) is 6.26. The Balaban J connectivity index is 2.32. The Morgan fingerprint density at radius 1 is 1.60 bits per heavy atom. The molecule has 1 N–H and O–H groups in total. The molecule has 10 heavy (non-hydrogen) atoms. The quantitative estimate of drug-likeness (QED) is 0.573. The Kier molecular flexibility index (Phi) is 1.68. The van der Waals surface area contributed by atoms with Crippen LogP contribution >= 0.6 is 0 Å². The van der Waals surface area contributed by atoms with Crippen LogP contribution in [0.5, 0.6) is 0 Å². The highest BCUT2D eigenvalue weighted by molar-refractivity contribution is 5.78. The van der Waals surface area contributed by atoms with E-state index in [0.29, 0.717) is 0 Å². The largest absolute Gasteiger partial charge is 0.460 e. The lowest BCUT2D eigenvalue weighted by Gasteiger charge is -2.14. The molecule has 0 unspecified atom stereocenters.